The van der Waals surface area contributed by atoms with Gasteiger partial charge >= 0.3 is 0 Å². The Labute approximate surface area is 120 Å². The van der Waals surface area contributed by atoms with Crippen LogP contribution in [0.5, 0.6) is 0 Å². The van der Waals surface area contributed by atoms with Crippen LogP contribution >= 0.6 is 0 Å². The maximum absolute atomic E-state index is 14.2. The van der Waals surface area contributed by atoms with Gasteiger partial charge in [-0.15, -0.1) is 0 Å². The Morgan fingerprint density at radius 1 is 1.05 bits per heavy atom. The molecule has 20 heavy (non-hydrogen) atoms. The van der Waals surface area contributed by atoms with Crippen molar-refractivity contribution in [2.24, 2.45) is 0 Å². The highest BCUT2D eigenvalue weighted by Crippen LogP contribution is 2.37. The van der Waals surface area contributed by atoms with Crippen LogP contribution in [0.3, 0.4) is 0 Å². The van der Waals surface area contributed by atoms with Gasteiger partial charge in [0.2, 0.25) is 0 Å². The first-order valence-electron chi connectivity index (χ1n) is 6.95. The summed E-state index contributed by atoms with van der Waals surface area (Å²) in [5, 5.41) is 3.29. The summed E-state index contributed by atoms with van der Waals surface area (Å²) in [6, 6.07) is 15.5. The molecule has 2 rings (SSSR count). The molecule has 106 valence electrons. The largest absolute Gasteiger partial charge is 0.312 e. The van der Waals surface area contributed by atoms with Crippen LogP contribution in [0, 0.1) is 12.7 Å². The number of rotatable bonds is 4. The molecule has 0 aliphatic heterocycles. The van der Waals surface area contributed by atoms with Crippen molar-refractivity contribution in [3.8, 4) is 0 Å². The third kappa shape index (κ3) is 2.75. The minimum absolute atomic E-state index is 0.0789. The third-order valence-corrected chi connectivity index (χ3v) is 3.99. The standard InChI is InChI=1S/C18H22FN/c1-13-10-11-16(19)15(12-13)17(20-4)18(2,3)14-8-6-5-7-9-14/h5-12,17,20H,1-4H3. The van der Waals surface area contributed by atoms with E-state index in [1.165, 1.54) is 5.56 Å². The summed E-state index contributed by atoms with van der Waals surface area (Å²) in [4.78, 5) is 0. The number of nitrogens with one attached hydrogen (secondary N) is 1. The molecule has 0 radical (unpaired) electrons. The molecule has 0 amide bonds. The molecule has 0 aromatic heterocycles. The van der Waals surface area contributed by atoms with Crippen molar-refractivity contribution in [2.75, 3.05) is 7.05 Å². The number of halogens is 1. The zero-order chi connectivity index (χ0) is 14.8. The van der Waals surface area contributed by atoms with Crippen LogP contribution in [0.1, 0.15) is 36.6 Å². The first-order valence-corrected chi connectivity index (χ1v) is 6.95. The van der Waals surface area contributed by atoms with Crippen molar-refractivity contribution in [1.29, 1.82) is 0 Å². The minimum atomic E-state index is -0.204. The van der Waals surface area contributed by atoms with Crippen molar-refractivity contribution in [3.63, 3.8) is 0 Å². The fourth-order valence-electron chi connectivity index (χ4n) is 2.82. The highest BCUT2D eigenvalue weighted by Gasteiger charge is 2.33. The van der Waals surface area contributed by atoms with Gasteiger partial charge in [0.15, 0.2) is 0 Å². The van der Waals surface area contributed by atoms with Gasteiger partial charge in [-0.2, -0.15) is 0 Å². The highest BCUT2D eigenvalue weighted by atomic mass is 19.1. The number of aryl methyl sites for hydroxylation is 1. The molecule has 1 N–H and O–H groups in total. The van der Waals surface area contributed by atoms with Gasteiger partial charge in [0, 0.05) is 17.0 Å². The Balaban J connectivity index is 2.49. The SMILES string of the molecule is CNC(c1cc(C)ccc1F)C(C)(C)c1ccccc1. The molecule has 1 atom stereocenters. The van der Waals surface area contributed by atoms with Gasteiger partial charge in [-0.05, 0) is 25.6 Å². The van der Waals surface area contributed by atoms with E-state index in [-0.39, 0.29) is 17.3 Å². The third-order valence-electron chi connectivity index (χ3n) is 3.99. The molecule has 2 heteroatoms. The molecule has 0 bridgehead atoms. The van der Waals surface area contributed by atoms with Crippen LogP contribution in [0.15, 0.2) is 48.5 Å². The maximum Gasteiger partial charge on any atom is 0.128 e. The average Bonchev–Trinajstić information content (AvgIpc) is 2.44. The van der Waals surface area contributed by atoms with E-state index in [4.69, 9.17) is 0 Å². The smallest absolute Gasteiger partial charge is 0.128 e. The van der Waals surface area contributed by atoms with Gasteiger partial charge in [-0.3, -0.25) is 0 Å². The van der Waals surface area contributed by atoms with Crippen LogP contribution < -0.4 is 5.32 Å². The van der Waals surface area contributed by atoms with Gasteiger partial charge in [0.05, 0.1) is 0 Å². The van der Waals surface area contributed by atoms with E-state index in [0.717, 1.165) is 11.1 Å². The quantitative estimate of drug-likeness (QED) is 0.870. The van der Waals surface area contributed by atoms with Gasteiger partial charge in [-0.1, -0.05) is 61.9 Å². The lowest BCUT2D eigenvalue weighted by molar-refractivity contribution is 0.357. The summed E-state index contributed by atoms with van der Waals surface area (Å²) in [6.45, 7) is 6.28. The lowest BCUT2D eigenvalue weighted by atomic mass is 9.74. The minimum Gasteiger partial charge on any atom is -0.312 e. The molecular weight excluding hydrogens is 249 g/mol. The summed E-state index contributed by atoms with van der Waals surface area (Å²) in [7, 11) is 1.89. The summed E-state index contributed by atoms with van der Waals surface area (Å²) in [5.74, 6) is -0.154. The molecule has 0 aliphatic carbocycles. The van der Waals surface area contributed by atoms with Gasteiger partial charge in [0.25, 0.3) is 0 Å². The zero-order valence-corrected chi connectivity index (χ0v) is 12.6. The summed E-state index contributed by atoms with van der Waals surface area (Å²) < 4.78 is 14.2. The topological polar surface area (TPSA) is 12.0 Å². The predicted molar refractivity (Wildman–Crippen MR) is 82.4 cm³/mol. The van der Waals surface area contributed by atoms with Crippen molar-refractivity contribution in [3.05, 3.63) is 71.0 Å². The fraction of sp³-hybridized carbons (Fsp3) is 0.333. The van der Waals surface area contributed by atoms with Crippen LogP contribution in [0.2, 0.25) is 0 Å². The number of hydrogen-bond donors (Lipinski definition) is 1. The van der Waals surface area contributed by atoms with Crippen molar-refractivity contribution >= 4 is 0 Å². The maximum atomic E-state index is 14.2. The summed E-state index contributed by atoms with van der Waals surface area (Å²) in [5.41, 5.74) is 2.79. The average molecular weight is 271 g/mol. The van der Waals surface area contributed by atoms with Crippen LogP contribution in [-0.4, -0.2) is 7.05 Å². The van der Waals surface area contributed by atoms with Crippen LogP contribution in [-0.2, 0) is 5.41 Å². The first kappa shape index (κ1) is 14.7. The summed E-state index contributed by atoms with van der Waals surface area (Å²) >= 11 is 0. The lowest BCUT2D eigenvalue weighted by Gasteiger charge is -2.35. The van der Waals surface area contributed by atoms with Gasteiger partial charge < -0.3 is 5.32 Å². The Hall–Kier alpha value is -1.67. The zero-order valence-electron chi connectivity index (χ0n) is 12.6. The van der Waals surface area contributed by atoms with E-state index >= 15 is 0 Å². The first-order chi connectivity index (χ1) is 9.46. The van der Waals surface area contributed by atoms with Crippen molar-refractivity contribution < 1.29 is 4.39 Å². The van der Waals surface area contributed by atoms with E-state index in [1.807, 2.05) is 38.2 Å². The molecule has 0 fully saturated rings. The van der Waals surface area contributed by atoms with E-state index in [9.17, 15) is 4.39 Å². The molecule has 0 saturated heterocycles. The molecular formula is C18H22FN. The molecule has 0 saturated carbocycles. The second-order valence-electron chi connectivity index (χ2n) is 5.83. The summed E-state index contributed by atoms with van der Waals surface area (Å²) in [6.07, 6.45) is 0. The second-order valence-corrected chi connectivity index (χ2v) is 5.83. The lowest BCUT2D eigenvalue weighted by Crippen LogP contribution is -2.36. The Morgan fingerprint density at radius 2 is 1.70 bits per heavy atom. The van der Waals surface area contributed by atoms with E-state index in [0.29, 0.717) is 0 Å². The van der Waals surface area contributed by atoms with E-state index in [2.05, 4.69) is 31.3 Å². The highest BCUT2D eigenvalue weighted by molar-refractivity contribution is 5.34. The monoisotopic (exact) mass is 271 g/mol. The second kappa shape index (κ2) is 5.76. The molecule has 2 aromatic carbocycles. The van der Waals surface area contributed by atoms with E-state index < -0.39 is 0 Å². The van der Waals surface area contributed by atoms with Gasteiger partial charge in [-0.25, -0.2) is 4.39 Å². The van der Waals surface area contributed by atoms with Crippen molar-refractivity contribution in [2.45, 2.75) is 32.2 Å². The Kier molecular flexibility index (Phi) is 4.24. The molecule has 0 heterocycles. The van der Waals surface area contributed by atoms with Crippen molar-refractivity contribution in [1.82, 2.24) is 5.32 Å². The van der Waals surface area contributed by atoms with Gasteiger partial charge in [0.1, 0.15) is 5.82 Å². The molecule has 0 aliphatic rings. The Morgan fingerprint density at radius 3 is 2.30 bits per heavy atom. The number of hydrogen-bond acceptors (Lipinski definition) is 1. The molecule has 0 spiro atoms. The normalized spacial score (nSPS) is 13.2. The number of benzene rings is 2. The predicted octanol–water partition coefficient (Wildman–Crippen LogP) is 4.37. The van der Waals surface area contributed by atoms with Crippen LogP contribution in [0.25, 0.3) is 0 Å². The molecule has 1 nitrogen and oxygen atoms in total. The number of likely N-dealkylation sites (N-methyl/N-ethyl adjacent to an activating group) is 1. The molecule has 2 aromatic rings. The van der Waals surface area contributed by atoms with Crippen LogP contribution in [0.4, 0.5) is 4.39 Å². The molecule has 1 unspecified atom stereocenters. The Bertz CT molecular complexity index is 575. The fourth-order valence-corrected chi connectivity index (χ4v) is 2.82. The van der Waals surface area contributed by atoms with E-state index in [1.54, 1.807) is 12.1 Å².